The molecule has 0 atom stereocenters. The summed E-state index contributed by atoms with van der Waals surface area (Å²) in [4.78, 5) is 0. The van der Waals surface area contributed by atoms with Gasteiger partial charge in [0, 0.05) is 0 Å². The number of hydrogen-bond acceptors (Lipinski definition) is 1. The minimum Gasteiger partial charge on any atom is -0.376 e. The van der Waals surface area contributed by atoms with Crippen LogP contribution in [0.2, 0.25) is 0 Å². The van der Waals surface area contributed by atoms with Crippen LogP contribution < -0.4 is 18.9 Å². The maximum atomic E-state index is 5.98. The minimum atomic E-state index is 0. The molecule has 0 aliphatic heterocycles. The summed E-state index contributed by atoms with van der Waals surface area (Å²) in [5, 5.41) is 0. The van der Waals surface area contributed by atoms with E-state index >= 15 is 0 Å². The van der Waals surface area contributed by atoms with Gasteiger partial charge >= 0.3 is 18.9 Å². The van der Waals surface area contributed by atoms with Crippen molar-refractivity contribution in [1.82, 2.24) is 0 Å². The van der Waals surface area contributed by atoms with E-state index in [-0.39, 0.29) is 18.9 Å². The zero-order valence-corrected chi connectivity index (χ0v) is 11.8. The third-order valence-corrected chi connectivity index (χ3v) is 3.76. The molecule has 0 radical (unpaired) electrons. The van der Waals surface area contributed by atoms with Crippen LogP contribution in [0, 0.1) is 12.0 Å². The van der Waals surface area contributed by atoms with Crippen LogP contribution in [0.4, 0.5) is 0 Å². The first-order valence-electron chi connectivity index (χ1n) is 6.95. The van der Waals surface area contributed by atoms with Crippen molar-refractivity contribution >= 4 is 0 Å². The Morgan fingerprint density at radius 1 is 1.17 bits per heavy atom. The second kappa shape index (κ2) is 8.81. The van der Waals surface area contributed by atoms with Gasteiger partial charge in [-0.2, -0.15) is 30.3 Å². The summed E-state index contributed by atoms with van der Waals surface area (Å²) in [5.41, 5.74) is 1.26. The molecular weight excluding hydrogens is 215 g/mol. The molecule has 0 aromatic heterocycles. The predicted molar refractivity (Wildman–Crippen MR) is 70.7 cm³/mol. The summed E-state index contributed by atoms with van der Waals surface area (Å²) in [6, 6.07) is 11.1. The molecule has 0 amide bonds. The molecule has 2 rings (SSSR count). The molecule has 1 fully saturated rings. The van der Waals surface area contributed by atoms with Crippen LogP contribution in [0.3, 0.4) is 0 Å². The third kappa shape index (κ3) is 5.19. The smallest absolute Gasteiger partial charge is 0.376 e. The first-order chi connectivity index (χ1) is 8.38. The number of benzene rings is 1. The van der Waals surface area contributed by atoms with Crippen molar-refractivity contribution in [3.05, 3.63) is 35.9 Å². The van der Waals surface area contributed by atoms with Crippen molar-refractivity contribution in [3.63, 3.8) is 0 Å². The average molecular weight is 238 g/mol. The first kappa shape index (κ1) is 15.8. The molecule has 1 aromatic carbocycles. The van der Waals surface area contributed by atoms with E-state index in [4.69, 9.17) is 4.74 Å². The second-order valence-corrected chi connectivity index (χ2v) is 5.15. The third-order valence-electron chi connectivity index (χ3n) is 3.76. The van der Waals surface area contributed by atoms with Crippen LogP contribution in [0.15, 0.2) is 24.3 Å². The monoisotopic (exact) mass is 238 g/mol. The van der Waals surface area contributed by atoms with E-state index in [2.05, 4.69) is 25.1 Å². The van der Waals surface area contributed by atoms with Crippen LogP contribution in [0.5, 0.6) is 0 Å². The van der Waals surface area contributed by atoms with Gasteiger partial charge in [-0.1, -0.05) is 19.8 Å². The molecule has 0 unspecified atom stereocenters. The molecular formula is C16H23LiO. The molecule has 94 valence electrons. The molecule has 0 spiro atoms. The topological polar surface area (TPSA) is 9.23 Å². The van der Waals surface area contributed by atoms with E-state index in [1.807, 2.05) is 12.1 Å². The summed E-state index contributed by atoms with van der Waals surface area (Å²) < 4.78 is 5.98. The largest absolute Gasteiger partial charge is 1.00 e. The van der Waals surface area contributed by atoms with Gasteiger partial charge in [0.05, 0.1) is 12.7 Å². The number of hydrogen-bond donors (Lipinski definition) is 0. The van der Waals surface area contributed by atoms with Gasteiger partial charge in [-0.15, -0.1) is 5.56 Å². The fourth-order valence-corrected chi connectivity index (χ4v) is 2.73. The standard InChI is InChI=1S/C16H23O.Li/c1-2-6-14-9-11-16(12-10-14)17-13-15-7-4-3-5-8-15;/h4-5,7-8,14,16H,2,6,9-13H2,1H3;/q-1;+1. The van der Waals surface area contributed by atoms with Crippen molar-refractivity contribution in [2.75, 3.05) is 0 Å². The summed E-state index contributed by atoms with van der Waals surface area (Å²) in [6.45, 7) is 3.05. The van der Waals surface area contributed by atoms with Gasteiger partial charge in [-0.25, -0.2) is 0 Å². The Hall–Kier alpha value is -0.223. The quantitative estimate of drug-likeness (QED) is 0.556. The maximum Gasteiger partial charge on any atom is 1.00 e. The second-order valence-electron chi connectivity index (χ2n) is 5.15. The number of ether oxygens (including phenoxy) is 1. The Kier molecular flexibility index (Phi) is 7.75. The Balaban J connectivity index is 0.00000162. The van der Waals surface area contributed by atoms with Gasteiger partial charge in [0.15, 0.2) is 0 Å². The summed E-state index contributed by atoms with van der Waals surface area (Å²) in [6.07, 6.45) is 8.46. The van der Waals surface area contributed by atoms with Crippen molar-refractivity contribution in [2.24, 2.45) is 5.92 Å². The predicted octanol–water partition coefficient (Wildman–Crippen LogP) is 1.37. The molecule has 1 saturated carbocycles. The van der Waals surface area contributed by atoms with Gasteiger partial charge in [0.25, 0.3) is 0 Å². The van der Waals surface area contributed by atoms with Crippen LogP contribution in [-0.4, -0.2) is 6.10 Å². The van der Waals surface area contributed by atoms with E-state index in [9.17, 15) is 0 Å². The van der Waals surface area contributed by atoms with Crippen molar-refractivity contribution < 1.29 is 23.6 Å². The van der Waals surface area contributed by atoms with Crippen molar-refractivity contribution in [1.29, 1.82) is 0 Å². The Morgan fingerprint density at radius 3 is 2.44 bits per heavy atom. The first-order valence-corrected chi connectivity index (χ1v) is 6.95. The van der Waals surface area contributed by atoms with Crippen LogP contribution in [0.25, 0.3) is 0 Å². The van der Waals surface area contributed by atoms with Crippen LogP contribution in [-0.2, 0) is 11.3 Å². The normalized spacial score (nSPS) is 23.4. The summed E-state index contributed by atoms with van der Waals surface area (Å²) in [7, 11) is 0. The van der Waals surface area contributed by atoms with Gasteiger partial charge in [-0.3, -0.25) is 0 Å². The molecule has 0 heterocycles. The van der Waals surface area contributed by atoms with E-state index in [0.717, 1.165) is 12.5 Å². The van der Waals surface area contributed by atoms with Gasteiger partial charge in [0.1, 0.15) is 0 Å². The van der Waals surface area contributed by atoms with Gasteiger partial charge in [0.2, 0.25) is 0 Å². The van der Waals surface area contributed by atoms with Gasteiger partial charge < -0.3 is 4.74 Å². The molecule has 0 N–H and O–H groups in total. The van der Waals surface area contributed by atoms with Crippen molar-refractivity contribution in [2.45, 2.75) is 58.2 Å². The fraction of sp³-hybridized carbons (Fsp3) is 0.625. The molecule has 1 aromatic rings. The van der Waals surface area contributed by atoms with Crippen LogP contribution >= 0.6 is 0 Å². The van der Waals surface area contributed by atoms with E-state index < -0.39 is 0 Å². The maximum absolute atomic E-state index is 5.98. The fourth-order valence-electron chi connectivity index (χ4n) is 2.73. The van der Waals surface area contributed by atoms with E-state index in [1.54, 1.807) is 0 Å². The molecule has 2 heteroatoms. The SMILES string of the molecule is CCCC1CCC(OCc2cc[c-]cc2)CC1.[Li+]. The minimum absolute atomic E-state index is 0. The van der Waals surface area contributed by atoms with Crippen molar-refractivity contribution in [3.8, 4) is 0 Å². The molecule has 0 bridgehead atoms. The van der Waals surface area contributed by atoms with E-state index in [0.29, 0.717) is 6.10 Å². The Labute approximate surface area is 123 Å². The molecule has 1 aliphatic carbocycles. The molecule has 0 saturated heterocycles. The zero-order chi connectivity index (χ0) is 11.9. The summed E-state index contributed by atoms with van der Waals surface area (Å²) >= 11 is 0. The van der Waals surface area contributed by atoms with E-state index in [1.165, 1.54) is 44.1 Å². The molecule has 1 aliphatic rings. The average Bonchev–Trinajstić information content (AvgIpc) is 2.40. The van der Waals surface area contributed by atoms with Gasteiger partial charge in [-0.05, 0) is 31.6 Å². The molecule has 18 heavy (non-hydrogen) atoms. The number of rotatable bonds is 5. The Morgan fingerprint density at radius 2 is 1.83 bits per heavy atom. The molecule has 1 nitrogen and oxygen atoms in total. The summed E-state index contributed by atoms with van der Waals surface area (Å²) in [5.74, 6) is 0.964. The zero-order valence-electron chi connectivity index (χ0n) is 11.8. The Bertz CT molecular complexity index is 304. The van der Waals surface area contributed by atoms with Crippen LogP contribution in [0.1, 0.15) is 51.0 Å².